The summed E-state index contributed by atoms with van der Waals surface area (Å²) < 4.78 is 47.4. The summed E-state index contributed by atoms with van der Waals surface area (Å²) in [6.07, 6.45) is 0.446. The van der Waals surface area contributed by atoms with Gasteiger partial charge >= 0.3 is 6.18 Å². The largest absolute Gasteiger partial charge is 0.417 e. The molecule has 0 radical (unpaired) electrons. The van der Waals surface area contributed by atoms with E-state index < -0.39 is 34.3 Å². The average molecular weight is 558 g/mol. The summed E-state index contributed by atoms with van der Waals surface area (Å²) in [6.45, 7) is 5.87. The molecular formula is C29H34F3N5O3. The molecule has 214 valence electrons. The fourth-order valence-corrected chi connectivity index (χ4v) is 5.72. The first-order valence-electron chi connectivity index (χ1n) is 13.5. The zero-order chi connectivity index (χ0) is 28.3. The number of amides is 1. The Bertz CT molecular complexity index is 1330. The van der Waals surface area contributed by atoms with Crippen molar-refractivity contribution >= 4 is 11.5 Å². The number of pyridine rings is 1. The summed E-state index contributed by atoms with van der Waals surface area (Å²) in [4.78, 5) is 34.5. The molecule has 2 saturated heterocycles. The molecular weight excluding hydrogens is 523 g/mol. The van der Waals surface area contributed by atoms with Crippen molar-refractivity contribution in [3.63, 3.8) is 0 Å². The van der Waals surface area contributed by atoms with E-state index in [4.69, 9.17) is 4.74 Å². The summed E-state index contributed by atoms with van der Waals surface area (Å²) in [5.74, 6) is -0.883. The Morgan fingerprint density at radius 3 is 2.42 bits per heavy atom. The lowest BCUT2D eigenvalue weighted by atomic mass is 9.79. The van der Waals surface area contributed by atoms with Crippen molar-refractivity contribution in [1.29, 1.82) is 0 Å². The smallest absolute Gasteiger partial charge is 0.379 e. The summed E-state index contributed by atoms with van der Waals surface area (Å²) in [5.41, 5.74) is -0.975. The molecule has 0 saturated carbocycles. The zero-order valence-corrected chi connectivity index (χ0v) is 22.5. The van der Waals surface area contributed by atoms with E-state index in [0.717, 1.165) is 49.2 Å². The number of carbonyl (C=O) groups is 1. The van der Waals surface area contributed by atoms with Gasteiger partial charge in [-0.1, -0.05) is 36.4 Å². The van der Waals surface area contributed by atoms with E-state index >= 15 is 0 Å². The molecule has 2 N–H and O–H groups in total. The van der Waals surface area contributed by atoms with Gasteiger partial charge in [-0.15, -0.1) is 0 Å². The topological polar surface area (TPSA) is 80.9 Å². The number of alkyl halides is 3. The number of morpholine rings is 1. The molecule has 3 heterocycles. The molecule has 11 heteroatoms. The number of benzene rings is 1. The standard InChI is InChI=1S/C29H34F3N5O3/c1-35-9-11-37(12-10-35)25-8-7-22(21-5-3-2-4-6-21)18-28(25,20-36-13-15-40-16-14-36)34-27(39)23-19-33-26(38)17-24(23)29(30,31)32/h2-8,17,19H,9-16,18,20H2,1H3,(H,33,38)(H,34,39). The lowest BCUT2D eigenvalue weighted by Gasteiger charge is -2.49. The minimum atomic E-state index is -4.86. The molecule has 1 unspecified atom stereocenters. The quantitative estimate of drug-likeness (QED) is 0.569. The number of H-pyrrole nitrogens is 1. The minimum Gasteiger partial charge on any atom is -0.379 e. The zero-order valence-electron chi connectivity index (χ0n) is 22.5. The maximum atomic E-state index is 13.9. The van der Waals surface area contributed by atoms with Gasteiger partial charge in [-0.2, -0.15) is 13.2 Å². The van der Waals surface area contributed by atoms with Gasteiger partial charge in [0.25, 0.3) is 5.91 Å². The van der Waals surface area contributed by atoms with Gasteiger partial charge in [0.2, 0.25) is 5.56 Å². The fraction of sp³-hybridized carbons (Fsp3) is 0.448. The molecule has 40 heavy (non-hydrogen) atoms. The lowest BCUT2D eigenvalue weighted by molar-refractivity contribution is -0.138. The summed E-state index contributed by atoms with van der Waals surface area (Å²) in [7, 11) is 2.05. The number of likely N-dealkylation sites (N-methyl/N-ethyl adjacent to an activating group) is 1. The highest BCUT2D eigenvalue weighted by Crippen LogP contribution is 2.39. The second-order valence-electron chi connectivity index (χ2n) is 10.6. The molecule has 0 spiro atoms. The maximum Gasteiger partial charge on any atom is 0.417 e. The van der Waals surface area contributed by atoms with Gasteiger partial charge in [0.15, 0.2) is 0 Å². The van der Waals surface area contributed by atoms with Crippen molar-refractivity contribution in [3.8, 4) is 0 Å². The second-order valence-corrected chi connectivity index (χ2v) is 10.6. The first kappa shape index (κ1) is 28.1. The third kappa shape index (κ3) is 6.16. The first-order valence-corrected chi connectivity index (χ1v) is 13.5. The predicted octanol–water partition coefficient (Wildman–Crippen LogP) is 2.81. The van der Waals surface area contributed by atoms with E-state index in [-0.39, 0.29) is 0 Å². The molecule has 1 aliphatic carbocycles. The lowest BCUT2D eigenvalue weighted by Crippen LogP contribution is -2.63. The van der Waals surface area contributed by atoms with Crippen LogP contribution >= 0.6 is 0 Å². The molecule has 2 fully saturated rings. The number of hydrogen-bond donors (Lipinski definition) is 2. The van der Waals surface area contributed by atoms with Crippen LogP contribution in [0.2, 0.25) is 0 Å². The Hall–Kier alpha value is -3.41. The number of piperazine rings is 1. The van der Waals surface area contributed by atoms with E-state index in [1.54, 1.807) is 0 Å². The number of aromatic nitrogens is 1. The van der Waals surface area contributed by atoms with Gasteiger partial charge in [-0.05, 0) is 24.3 Å². The number of hydrogen-bond acceptors (Lipinski definition) is 6. The second kappa shape index (κ2) is 11.6. The number of carbonyl (C=O) groups excluding carboxylic acids is 1. The van der Waals surface area contributed by atoms with Gasteiger partial charge in [-0.25, -0.2) is 0 Å². The van der Waals surface area contributed by atoms with Crippen LogP contribution in [0.15, 0.2) is 65.2 Å². The van der Waals surface area contributed by atoms with E-state index in [9.17, 15) is 22.8 Å². The molecule has 2 aliphatic heterocycles. The Kier molecular flexibility index (Phi) is 8.16. The Balaban J connectivity index is 1.59. The van der Waals surface area contributed by atoms with E-state index in [1.807, 2.05) is 42.5 Å². The van der Waals surface area contributed by atoms with Crippen LogP contribution in [0.1, 0.15) is 27.9 Å². The average Bonchev–Trinajstić information content (AvgIpc) is 2.94. The van der Waals surface area contributed by atoms with Crippen molar-refractivity contribution in [2.24, 2.45) is 0 Å². The van der Waals surface area contributed by atoms with Crippen molar-refractivity contribution in [3.05, 3.63) is 87.5 Å². The highest BCUT2D eigenvalue weighted by molar-refractivity contribution is 5.96. The molecule has 5 rings (SSSR count). The number of nitrogens with one attached hydrogen (secondary N) is 2. The van der Waals surface area contributed by atoms with Crippen LogP contribution in [0, 0.1) is 0 Å². The van der Waals surface area contributed by atoms with E-state index in [2.05, 4.69) is 32.0 Å². The molecule has 0 bridgehead atoms. The number of aromatic amines is 1. The molecule has 1 amide bonds. The van der Waals surface area contributed by atoms with E-state index in [0.29, 0.717) is 45.3 Å². The SMILES string of the molecule is CN1CCN(C2=CC=C(c3ccccc3)CC2(CN2CCOCC2)NC(=O)c2c[nH]c(=O)cc2C(F)(F)F)CC1. The van der Waals surface area contributed by atoms with Crippen LogP contribution in [0.4, 0.5) is 13.2 Å². The number of allylic oxidation sites excluding steroid dienone is 2. The van der Waals surface area contributed by atoms with Gasteiger partial charge < -0.3 is 24.8 Å². The highest BCUT2D eigenvalue weighted by atomic mass is 19.4. The predicted molar refractivity (Wildman–Crippen MR) is 146 cm³/mol. The number of ether oxygens (including phenoxy) is 1. The third-order valence-electron chi connectivity index (χ3n) is 7.84. The Morgan fingerprint density at radius 2 is 1.75 bits per heavy atom. The highest BCUT2D eigenvalue weighted by Gasteiger charge is 2.45. The summed E-state index contributed by atoms with van der Waals surface area (Å²) in [5, 5.41) is 3.08. The molecule has 1 aromatic carbocycles. The van der Waals surface area contributed by atoms with Crippen LogP contribution in [-0.4, -0.2) is 97.2 Å². The summed E-state index contributed by atoms with van der Waals surface area (Å²) in [6, 6.07) is 10.2. The van der Waals surface area contributed by atoms with Gasteiger partial charge in [0.05, 0.1) is 29.9 Å². The Labute approximate surface area is 231 Å². The van der Waals surface area contributed by atoms with Crippen LogP contribution in [0.5, 0.6) is 0 Å². The molecule has 2 aromatic rings. The van der Waals surface area contributed by atoms with Crippen LogP contribution in [0.3, 0.4) is 0 Å². The van der Waals surface area contributed by atoms with Crippen molar-refractivity contribution < 1.29 is 22.7 Å². The third-order valence-corrected chi connectivity index (χ3v) is 7.84. The van der Waals surface area contributed by atoms with Crippen molar-refractivity contribution in [1.82, 2.24) is 25.0 Å². The molecule has 1 aromatic heterocycles. The Morgan fingerprint density at radius 1 is 1.05 bits per heavy atom. The molecule has 3 aliphatic rings. The van der Waals surface area contributed by atoms with Gasteiger partial charge in [0.1, 0.15) is 0 Å². The van der Waals surface area contributed by atoms with Crippen molar-refractivity contribution in [2.45, 2.75) is 18.1 Å². The number of nitrogens with zero attached hydrogens (tertiary/aromatic N) is 3. The number of rotatable bonds is 6. The monoisotopic (exact) mass is 557 g/mol. The first-order chi connectivity index (χ1) is 19.1. The van der Waals surface area contributed by atoms with Gasteiger partial charge in [-0.3, -0.25) is 14.5 Å². The van der Waals surface area contributed by atoms with E-state index in [1.165, 1.54) is 0 Å². The van der Waals surface area contributed by atoms with Gasteiger partial charge in [0, 0.05) is 70.2 Å². The van der Waals surface area contributed by atoms with Crippen LogP contribution < -0.4 is 10.9 Å². The number of halogens is 3. The molecule has 8 nitrogen and oxygen atoms in total. The summed E-state index contributed by atoms with van der Waals surface area (Å²) >= 11 is 0. The minimum absolute atomic E-state index is 0.392. The molecule has 1 atom stereocenters. The maximum absolute atomic E-state index is 13.9. The normalized spacial score (nSPS) is 22.9. The van der Waals surface area contributed by atoms with Crippen LogP contribution in [-0.2, 0) is 10.9 Å². The fourth-order valence-electron chi connectivity index (χ4n) is 5.72. The van der Waals surface area contributed by atoms with Crippen LogP contribution in [0.25, 0.3) is 5.57 Å². The van der Waals surface area contributed by atoms with Crippen molar-refractivity contribution in [2.75, 3.05) is 66.1 Å².